The Morgan fingerprint density at radius 3 is 2.04 bits per heavy atom. The van der Waals surface area contributed by atoms with Gasteiger partial charge >= 0.3 is 11.9 Å². The van der Waals surface area contributed by atoms with Gasteiger partial charge in [-0.1, -0.05) is 45.4 Å². The topological polar surface area (TPSA) is 71.1 Å². The van der Waals surface area contributed by atoms with Gasteiger partial charge in [-0.15, -0.1) is 0 Å². The van der Waals surface area contributed by atoms with Gasteiger partial charge in [0.2, 0.25) is 0 Å². The van der Waals surface area contributed by atoms with Gasteiger partial charge in [0.1, 0.15) is 5.92 Å². The average Bonchev–Trinajstić information content (AvgIpc) is 3.11. The van der Waals surface area contributed by atoms with Crippen LogP contribution in [0.25, 0.3) is 0 Å². The predicted molar refractivity (Wildman–Crippen MR) is 93.9 cm³/mol. The Kier molecular flexibility index (Phi) is 11.5. The second-order valence-electron chi connectivity index (χ2n) is 6.30. The van der Waals surface area contributed by atoms with Crippen molar-refractivity contribution < 1.29 is 28.5 Å². The maximum atomic E-state index is 12.5. The Bertz CT molecular complexity index is 378. The van der Waals surface area contributed by atoms with Crippen LogP contribution >= 0.6 is 0 Å². The molecule has 146 valence electrons. The third kappa shape index (κ3) is 7.74. The minimum Gasteiger partial charge on any atom is -0.466 e. The first kappa shape index (κ1) is 21.9. The standard InChI is InChI=1S/C19H34O6/c1-4-7-8-9-10-11-12-15(17(20)22-5-2)16(18(21)23-6-3)19-24-13-14-25-19/h15-16,19H,4-14H2,1-3H3. The summed E-state index contributed by atoms with van der Waals surface area (Å²) >= 11 is 0. The van der Waals surface area contributed by atoms with Gasteiger partial charge in [0.05, 0.1) is 32.3 Å². The van der Waals surface area contributed by atoms with Gasteiger partial charge < -0.3 is 18.9 Å². The maximum absolute atomic E-state index is 12.5. The molecule has 2 unspecified atom stereocenters. The number of unbranched alkanes of at least 4 members (excludes halogenated alkanes) is 5. The summed E-state index contributed by atoms with van der Waals surface area (Å²) in [6.07, 6.45) is 6.54. The second-order valence-corrected chi connectivity index (χ2v) is 6.30. The number of esters is 2. The van der Waals surface area contributed by atoms with Crippen molar-refractivity contribution in [1.29, 1.82) is 0 Å². The fraction of sp³-hybridized carbons (Fsp3) is 0.895. The van der Waals surface area contributed by atoms with Crippen LogP contribution in [-0.4, -0.2) is 44.7 Å². The minimum atomic E-state index is -0.767. The van der Waals surface area contributed by atoms with Gasteiger partial charge in [0.15, 0.2) is 6.29 Å². The van der Waals surface area contributed by atoms with Crippen molar-refractivity contribution >= 4 is 11.9 Å². The van der Waals surface area contributed by atoms with Crippen LogP contribution in [0.4, 0.5) is 0 Å². The fourth-order valence-corrected chi connectivity index (χ4v) is 3.13. The number of hydrogen-bond acceptors (Lipinski definition) is 6. The average molecular weight is 358 g/mol. The maximum Gasteiger partial charge on any atom is 0.314 e. The van der Waals surface area contributed by atoms with Gasteiger partial charge in [-0.2, -0.15) is 0 Å². The predicted octanol–water partition coefficient (Wildman–Crippen LogP) is 3.47. The normalized spacial score (nSPS) is 17.2. The molecule has 0 amide bonds. The molecule has 6 heteroatoms. The van der Waals surface area contributed by atoms with E-state index in [2.05, 4.69) is 6.92 Å². The minimum absolute atomic E-state index is 0.259. The first-order chi connectivity index (χ1) is 12.2. The highest BCUT2D eigenvalue weighted by Gasteiger charge is 2.43. The largest absolute Gasteiger partial charge is 0.466 e. The highest BCUT2D eigenvalue weighted by atomic mass is 16.7. The lowest BCUT2D eigenvalue weighted by Crippen LogP contribution is -2.41. The molecule has 1 aliphatic heterocycles. The van der Waals surface area contributed by atoms with E-state index in [0.717, 1.165) is 19.3 Å². The number of carbonyl (C=O) groups excluding carboxylic acids is 2. The molecule has 1 rings (SSSR count). The molecular formula is C19H34O6. The van der Waals surface area contributed by atoms with Gasteiger partial charge in [-0.05, 0) is 20.3 Å². The van der Waals surface area contributed by atoms with Gasteiger partial charge in [-0.3, -0.25) is 9.59 Å². The van der Waals surface area contributed by atoms with Crippen LogP contribution in [0.1, 0.15) is 65.7 Å². The van der Waals surface area contributed by atoms with E-state index >= 15 is 0 Å². The Labute approximate surface area is 151 Å². The first-order valence-corrected chi connectivity index (χ1v) is 9.72. The van der Waals surface area contributed by atoms with E-state index in [0.29, 0.717) is 19.6 Å². The molecule has 0 spiro atoms. The van der Waals surface area contributed by atoms with Crippen molar-refractivity contribution in [1.82, 2.24) is 0 Å². The van der Waals surface area contributed by atoms with E-state index in [1.165, 1.54) is 19.3 Å². The number of rotatable bonds is 13. The molecule has 0 N–H and O–H groups in total. The van der Waals surface area contributed by atoms with E-state index in [9.17, 15) is 9.59 Å². The zero-order valence-corrected chi connectivity index (χ0v) is 16.0. The van der Waals surface area contributed by atoms with E-state index in [-0.39, 0.29) is 19.2 Å². The van der Waals surface area contributed by atoms with Gasteiger partial charge in [0, 0.05) is 0 Å². The molecule has 25 heavy (non-hydrogen) atoms. The van der Waals surface area contributed by atoms with Crippen molar-refractivity contribution in [2.24, 2.45) is 11.8 Å². The Morgan fingerprint density at radius 2 is 1.44 bits per heavy atom. The summed E-state index contributed by atoms with van der Waals surface area (Å²) < 4.78 is 21.4. The van der Waals surface area contributed by atoms with Crippen LogP contribution in [-0.2, 0) is 28.5 Å². The lowest BCUT2D eigenvalue weighted by atomic mass is 9.86. The summed E-state index contributed by atoms with van der Waals surface area (Å²) in [5.41, 5.74) is 0. The van der Waals surface area contributed by atoms with E-state index < -0.39 is 24.1 Å². The highest BCUT2D eigenvalue weighted by Crippen LogP contribution is 2.29. The summed E-state index contributed by atoms with van der Waals surface area (Å²) in [6, 6.07) is 0. The SMILES string of the molecule is CCCCCCCCC(C(=O)OCC)C(C(=O)OCC)C1OCCO1. The molecule has 0 bridgehead atoms. The summed E-state index contributed by atoms with van der Waals surface area (Å²) in [5, 5.41) is 0. The molecule has 1 fully saturated rings. The monoisotopic (exact) mass is 358 g/mol. The molecule has 0 aromatic rings. The van der Waals surface area contributed by atoms with Crippen LogP contribution in [0.15, 0.2) is 0 Å². The summed E-state index contributed by atoms with van der Waals surface area (Å²) in [4.78, 5) is 24.9. The lowest BCUT2D eigenvalue weighted by molar-refractivity contribution is -0.179. The van der Waals surface area contributed by atoms with Crippen molar-refractivity contribution in [3.05, 3.63) is 0 Å². The molecule has 1 saturated heterocycles. The van der Waals surface area contributed by atoms with Gasteiger partial charge in [0.25, 0.3) is 0 Å². The highest BCUT2D eigenvalue weighted by molar-refractivity contribution is 5.82. The third-order valence-corrected chi connectivity index (χ3v) is 4.39. The lowest BCUT2D eigenvalue weighted by Gasteiger charge is -2.27. The quantitative estimate of drug-likeness (QED) is 0.371. The van der Waals surface area contributed by atoms with E-state index in [1.54, 1.807) is 13.8 Å². The van der Waals surface area contributed by atoms with Crippen molar-refractivity contribution in [3.63, 3.8) is 0 Å². The van der Waals surface area contributed by atoms with Crippen LogP contribution in [0.2, 0.25) is 0 Å². The summed E-state index contributed by atoms with van der Waals surface area (Å²) in [7, 11) is 0. The van der Waals surface area contributed by atoms with Crippen LogP contribution in [0, 0.1) is 11.8 Å². The van der Waals surface area contributed by atoms with Crippen molar-refractivity contribution in [2.45, 2.75) is 72.0 Å². The van der Waals surface area contributed by atoms with Crippen LogP contribution in [0.5, 0.6) is 0 Å². The smallest absolute Gasteiger partial charge is 0.314 e. The second kappa shape index (κ2) is 13.1. The summed E-state index contributed by atoms with van der Waals surface area (Å²) in [6.45, 7) is 7.09. The van der Waals surface area contributed by atoms with Crippen molar-refractivity contribution in [3.8, 4) is 0 Å². The Balaban J connectivity index is 2.73. The first-order valence-electron chi connectivity index (χ1n) is 9.72. The zero-order chi connectivity index (χ0) is 18.5. The Morgan fingerprint density at radius 1 is 0.880 bits per heavy atom. The molecule has 0 aromatic carbocycles. The molecule has 1 aliphatic rings. The van der Waals surface area contributed by atoms with Crippen LogP contribution in [0.3, 0.4) is 0 Å². The number of hydrogen-bond donors (Lipinski definition) is 0. The zero-order valence-electron chi connectivity index (χ0n) is 16.0. The molecule has 2 atom stereocenters. The molecular weight excluding hydrogens is 324 g/mol. The molecule has 0 aromatic heterocycles. The Hall–Kier alpha value is -1.14. The fourth-order valence-electron chi connectivity index (χ4n) is 3.13. The van der Waals surface area contributed by atoms with Crippen LogP contribution < -0.4 is 0 Å². The molecule has 1 heterocycles. The third-order valence-electron chi connectivity index (χ3n) is 4.39. The van der Waals surface area contributed by atoms with E-state index in [4.69, 9.17) is 18.9 Å². The number of carbonyl (C=O) groups is 2. The van der Waals surface area contributed by atoms with Crippen molar-refractivity contribution in [2.75, 3.05) is 26.4 Å². The molecule has 6 nitrogen and oxygen atoms in total. The molecule has 0 saturated carbocycles. The molecule has 0 radical (unpaired) electrons. The number of ether oxygens (including phenoxy) is 4. The summed E-state index contributed by atoms with van der Waals surface area (Å²) in [5.74, 6) is -2.17. The molecule has 0 aliphatic carbocycles. The van der Waals surface area contributed by atoms with Gasteiger partial charge in [-0.25, -0.2) is 0 Å². The van der Waals surface area contributed by atoms with E-state index in [1.807, 2.05) is 0 Å².